The summed E-state index contributed by atoms with van der Waals surface area (Å²) in [6, 6.07) is 7.71. The number of ether oxygens (including phenoxy) is 1. The second-order valence-corrected chi connectivity index (χ2v) is 4.61. The number of benzene rings is 1. The van der Waals surface area contributed by atoms with Crippen molar-refractivity contribution in [3.05, 3.63) is 29.8 Å². The van der Waals surface area contributed by atoms with Gasteiger partial charge < -0.3 is 9.84 Å². The van der Waals surface area contributed by atoms with Gasteiger partial charge in [0.1, 0.15) is 5.75 Å². The van der Waals surface area contributed by atoms with E-state index < -0.39 is 11.6 Å². The first-order valence-corrected chi connectivity index (χ1v) is 6.18. The van der Waals surface area contributed by atoms with Crippen LogP contribution in [0.25, 0.3) is 0 Å². The van der Waals surface area contributed by atoms with Gasteiger partial charge in [-0.1, -0.05) is 19.1 Å². The minimum atomic E-state index is -0.994. The SMILES string of the molecule is CCc1cccc(OC2(C(=O)O)CCCC2)c1. The Kier molecular flexibility index (Phi) is 3.36. The molecule has 1 aromatic rings. The Morgan fingerprint density at radius 1 is 1.41 bits per heavy atom. The summed E-state index contributed by atoms with van der Waals surface area (Å²) >= 11 is 0. The summed E-state index contributed by atoms with van der Waals surface area (Å²) in [5.74, 6) is -0.162. The predicted octanol–water partition coefficient (Wildman–Crippen LogP) is 3.03. The van der Waals surface area contributed by atoms with Crippen LogP contribution in [0.5, 0.6) is 5.75 Å². The van der Waals surface area contributed by atoms with Crippen molar-refractivity contribution in [2.75, 3.05) is 0 Å². The van der Waals surface area contributed by atoms with Gasteiger partial charge in [0.05, 0.1) is 0 Å². The summed E-state index contributed by atoms with van der Waals surface area (Å²) in [6.07, 6.45) is 4.01. The fourth-order valence-electron chi connectivity index (χ4n) is 2.36. The topological polar surface area (TPSA) is 46.5 Å². The molecule has 1 aliphatic rings. The molecule has 1 aliphatic carbocycles. The molecule has 0 aromatic heterocycles. The molecular weight excluding hydrogens is 216 g/mol. The maximum Gasteiger partial charge on any atom is 0.348 e. The average Bonchev–Trinajstić information content (AvgIpc) is 2.79. The first-order chi connectivity index (χ1) is 8.16. The molecule has 3 nitrogen and oxygen atoms in total. The van der Waals surface area contributed by atoms with Crippen molar-refractivity contribution in [1.82, 2.24) is 0 Å². The van der Waals surface area contributed by atoms with Crippen molar-refractivity contribution in [2.45, 2.75) is 44.6 Å². The number of carbonyl (C=O) groups is 1. The molecule has 0 bridgehead atoms. The lowest BCUT2D eigenvalue weighted by atomic mass is 10.0. The van der Waals surface area contributed by atoms with Crippen molar-refractivity contribution in [3.8, 4) is 5.75 Å². The molecule has 0 amide bonds. The first-order valence-electron chi connectivity index (χ1n) is 6.18. The molecule has 0 spiro atoms. The summed E-state index contributed by atoms with van der Waals surface area (Å²) in [6.45, 7) is 2.07. The molecule has 1 aromatic carbocycles. The molecule has 0 atom stereocenters. The van der Waals surface area contributed by atoms with E-state index >= 15 is 0 Å². The van der Waals surface area contributed by atoms with Crippen LogP contribution >= 0.6 is 0 Å². The smallest absolute Gasteiger partial charge is 0.348 e. The van der Waals surface area contributed by atoms with Gasteiger partial charge in [0.25, 0.3) is 0 Å². The molecule has 0 saturated heterocycles. The van der Waals surface area contributed by atoms with Gasteiger partial charge in [0.2, 0.25) is 5.60 Å². The highest BCUT2D eigenvalue weighted by Crippen LogP contribution is 2.35. The van der Waals surface area contributed by atoms with E-state index in [0.717, 1.165) is 19.3 Å². The highest BCUT2D eigenvalue weighted by molar-refractivity contribution is 5.78. The van der Waals surface area contributed by atoms with Crippen LogP contribution in [-0.2, 0) is 11.2 Å². The number of rotatable bonds is 4. The van der Waals surface area contributed by atoms with E-state index in [1.807, 2.05) is 24.3 Å². The Morgan fingerprint density at radius 3 is 2.71 bits per heavy atom. The van der Waals surface area contributed by atoms with E-state index in [1.165, 1.54) is 5.56 Å². The van der Waals surface area contributed by atoms with Gasteiger partial charge >= 0.3 is 5.97 Å². The Balaban J connectivity index is 2.20. The minimum Gasteiger partial charge on any atom is -0.478 e. The zero-order chi connectivity index (χ0) is 12.3. The monoisotopic (exact) mass is 234 g/mol. The third kappa shape index (κ3) is 2.43. The normalized spacial score (nSPS) is 17.9. The zero-order valence-electron chi connectivity index (χ0n) is 10.1. The lowest BCUT2D eigenvalue weighted by Crippen LogP contribution is -2.41. The Morgan fingerprint density at radius 2 is 2.12 bits per heavy atom. The number of aryl methyl sites for hydroxylation is 1. The highest BCUT2D eigenvalue weighted by Gasteiger charge is 2.43. The molecule has 0 radical (unpaired) electrons. The number of carboxylic acid groups (broad SMARTS) is 1. The molecule has 17 heavy (non-hydrogen) atoms. The van der Waals surface area contributed by atoms with Gasteiger partial charge in [-0.2, -0.15) is 0 Å². The fraction of sp³-hybridized carbons (Fsp3) is 0.500. The number of hydrogen-bond donors (Lipinski definition) is 1. The Labute approximate surface area is 101 Å². The van der Waals surface area contributed by atoms with Gasteiger partial charge in [0.15, 0.2) is 0 Å². The van der Waals surface area contributed by atoms with Crippen LogP contribution < -0.4 is 4.74 Å². The van der Waals surface area contributed by atoms with Crippen LogP contribution in [0.2, 0.25) is 0 Å². The van der Waals surface area contributed by atoms with Gasteiger partial charge in [-0.3, -0.25) is 0 Å². The summed E-state index contributed by atoms with van der Waals surface area (Å²) in [5, 5.41) is 9.33. The average molecular weight is 234 g/mol. The summed E-state index contributed by atoms with van der Waals surface area (Å²) < 4.78 is 5.77. The van der Waals surface area contributed by atoms with E-state index in [9.17, 15) is 9.90 Å². The second-order valence-electron chi connectivity index (χ2n) is 4.61. The van der Waals surface area contributed by atoms with E-state index in [2.05, 4.69) is 6.92 Å². The van der Waals surface area contributed by atoms with Crippen LogP contribution in [-0.4, -0.2) is 16.7 Å². The highest BCUT2D eigenvalue weighted by atomic mass is 16.5. The molecule has 1 N–H and O–H groups in total. The van der Waals surface area contributed by atoms with Crippen LogP contribution in [0.4, 0.5) is 0 Å². The molecule has 0 aliphatic heterocycles. The minimum absolute atomic E-state index is 0.610. The lowest BCUT2D eigenvalue weighted by molar-refractivity contribution is -0.154. The molecule has 0 heterocycles. The number of carboxylic acids is 1. The lowest BCUT2D eigenvalue weighted by Gasteiger charge is -2.25. The van der Waals surface area contributed by atoms with E-state index in [1.54, 1.807) is 0 Å². The third-order valence-corrected chi connectivity index (χ3v) is 3.42. The summed E-state index contributed by atoms with van der Waals surface area (Å²) in [4.78, 5) is 11.4. The largest absolute Gasteiger partial charge is 0.478 e. The van der Waals surface area contributed by atoms with Crippen molar-refractivity contribution >= 4 is 5.97 Å². The number of hydrogen-bond acceptors (Lipinski definition) is 2. The van der Waals surface area contributed by atoms with Gasteiger partial charge in [-0.15, -0.1) is 0 Å². The molecule has 1 saturated carbocycles. The van der Waals surface area contributed by atoms with Gasteiger partial charge in [0, 0.05) is 0 Å². The second kappa shape index (κ2) is 4.78. The standard InChI is InChI=1S/C14H18O3/c1-2-11-6-5-7-12(10-11)17-14(13(15)16)8-3-4-9-14/h5-7,10H,2-4,8-9H2,1H3,(H,15,16). The van der Waals surface area contributed by atoms with Crippen LogP contribution in [0, 0.1) is 0 Å². The van der Waals surface area contributed by atoms with E-state index in [4.69, 9.17) is 4.74 Å². The fourth-order valence-corrected chi connectivity index (χ4v) is 2.36. The van der Waals surface area contributed by atoms with Crippen LogP contribution in [0.1, 0.15) is 38.2 Å². The Bertz CT molecular complexity index is 406. The van der Waals surface area contributed by atoms with Crippen molar-refractivity contribution < 1.29 is 14.6 Å². The molecular formula is C14H18O3. The summed E-state index contributed by atoms with van der Waals surface area (Å²) in [7, 11) is 0. The van der Waals surface area contributed by atoms with Crippen molar-refractivity contribution in [2.24, 2.45) is 0 Å². The van der Waals surface area contributed by atoms with E-state index in [0.29, 0.717) is 18.6 Å². The van der Waals surface area contributed by atoms with Gasteiger partial charge in [-0.25, -0.2) is 4.79 Å². The Hall–Kier alpha value is -1.51. The third-order valence-electron chi connectivity index (χ3n) is 3.42. The number of aliphatic carboxylic acids is 1. The van der Waals surface area contributed by atoms with E-state index in [-0.39, 0.29) is 0 Å². The molecule has 92 valence electrons. The maximum absolute atomic E-state index is 11.4. The van der Waals surface area contributed by atoms with Crippen LogP contribution in [0.3, 0.4) is 0 Å². The maximum atomic E-state index is 11.4. The zero-order valence-corrected chi connectivity index (χ0v) is 10.1. The summed E-state index contributed by atoms with van der Waals surface area (Å²) in [5.41, 5.74) is 0.174. The van der Waals surface area contributed by atoms with Gasteiger partial charge in [-0.05, 0) is 49.8 Å². The predicted molar refractivity (Wildman–Crippen MR) is 65.3 cm³/mol. The molecule has 0 unspecified atom stereocenters. The first kappa shape index (κ1) is 12.0. The van der Waals surface area contributed by atoms with Crippen molar-refractivity contribution in [1.29, 1.82) is 0 Å². The molecule has 3 heteroatoms. The molecule has 1 fully saturated rings. The molecule has 2 rings (SSSR count). The quantitative estimate of drug-likeness (QED) is 0.871. The van der Waals surface area contributed by atoms with Crippen molar-refractivity contribution in [3.63, 3.8) is 0 Å². The van der Waals surface area contributed by atoms with Crippen LogP contribution in [0.15, 0.2) is 24.3 Å².